The van der Waals surface area contributed by atoms with Crippen molar-refractivity contribution >= 4 is 33.0 Å². The van der Waals surface area contributed by atoms with Gasteiger partial charge in [-0.25, -0.2) is 12.7 Å². The first kappa shape index (κ1) is 22.8. The number of fused-ring (bicyclic) bond motifs is 1. The van der Waals surface area contributed by atoms with Crippen LogP contribution in [-0.4, -0.2) is 48.5 Å². The first-order valence-corrected chi connectivity index (χ1v) is 14.0. The Morgan fingerprint density at radius 1 is 1.16 bits per heavy atom. The van der Waals surface area contributed by atoms with Crippen LogP contribution in [-0.2, 0) is 26.1 Å². The van der Waals surface area contributed by atoms with Crippen LogP contribution in [0, 0.1) is 5.92 Å². The Balaban J connectivity index is 1.70. The fourth-order valence-electron chi connectivity index (χ4n) is 4.46. The summed E-state index contributed by atoms with van der Waals surface area (Å²) in [4.78, 5) is 24.0. The molecule has 0 saturated carbocycles. The van der Waals surface area contributed by atoms with Gasteiger partial charge in [-0.1, -0.05) is 30.3 Å². The van der Waals surface area contributed by atoms with Crippen LogP contribution in [0.2, 0.25) is 0 Å². The highest BCUT2D eigenvalue weighted by atomic mass is 32.2. The van der Waals surface area contributed by atoms with E-state index in [4.69, 9.17) is 4.74 Å². The first-order chi connectivity index (χ1) is 15.3. The molecule has 1 aromatic heterocycles. The monoisotopic (exact) mass is 476 g/mol. The van der Waals surface area contributed by atoms with E-state index in [0.29, 0.717) is 38.9 Å². The van der Waals surface area contributed by atoms with Gasteiger partial charge in [-0.05, 0) is 48.3 Å². The molecule has 1 fully saturated rings. The van der Waals surface area contributed by atoms with Crippen LogP contribution < -0.4 is 5.56 Å². The third-order valence-electron chi connectivity index (χ3n) is 6.17. The standard InChI is InChI=1S/C23H28N2O5S2/c1-17(30-16-26)31-15-21(19-6-4-3-5-7-19)20-8-9-22(27)25(23(20)31)14-18-10-12-24(13-11-18)32(2,28)29/h3-9,15-18,31H,10-14H2,1-2H3. The molecule has 32 heavy (non-hydrogen) atoms. The summed E-state index contributed by atoms with van der Waals surface area (Å²) in [5, 5.41) is 3.07. The molecule has 2 atom stereocenters. The number of rotatable bonds is 7. The fraction of sp³-hybridized carbons (Fsp3) is 0.391. The van der Waals surface area contributed by atoms with E-state index in [0.717, 1.165) is 21.7 Å². The van der Waals surface area contributed by atoms with Crippen LogP contribution in [0.25, 0.3) is 5.57 Å². The maximum absolute atomic E-state index is 13.0. The number of hydrogen-bond donors (Lipinski definition) is 1. The Morgan fingerprint density at radius 2 is 1.84 bits per heavy atom. The highest BCUT2D eigenvalue weighted by molar-refractivity contribution is 8.20. The van der Waals surface area contributed by atoms with Crippen molar-refractivity contribution in [2.45, 2.75) is 36.8 Å². The maximum atomic E-state index is 13.0. The quantitative estimate of drug-likeness (QED) is 0.491. The maximum Gasteiger partial charge on any atom is 0.294 e. The lowest BCUT2D eigenvalue weighted by Gasteiger charge is -2.32. The summed E-state index contributed by atoms with van der Waals surface area (Å²) in [6.45, 7) is 3.80. The second-order valence-electron chi connectivity index (χ2n) is 8.27. The number of nitrogens with zero attached hydrogens (tertiary/aromatic N) is 2. The van der Waals surface area contributed by atoms with E-state index >= 15 is 0 Å². The number of ether oxygens (including phenoxy) is 1. The summed E-state index contributed by atoms with van der Waals surface area (Å²) in [6.07, 6.45) is 2.65. The van der Waals surface area contributed by atoms with E-state index in [9.17, 15) is 18.0 Å². The molecule has 0 amide bonds. The molecule has 1 aromatic carbocycles. The minimum absolute atomic E-state index is 0.0807. The number of hydrogen-bond acceptors (Lipinski definition) is 5. The Bertz CT molecular complexity index is 1180. The molecule has 1 saturated heterocycles. The van der Waals surface area contributed by atoms with Crippen LogP contribution in [0.5, 0.6) is 0 Å². The van der Waals surface area contributed by atoms with E-state index in [2.05, 4.69) is 5.41 Å². The van der Waals surface area contributed by atoms with Gasteiger partial charge < -0.3 is 9.30 Å². The van der Waals surface area contributed by atoms with Crippen LogP contribution in [0.3, 0.4) is 0 Å². The normalized spacial score (nSPS) is 21.6. The summed E-state index contributed by atoms with van der Waals surface area (Å²) in [7, 11) is -4.24. The van der Waals surface area contributed by atoms with Gasteiger partial charge in [-0.2, -0.15) is 10.9 Å². The second kappa shape index (κ2) is 9.25. The summed E-state index contributed by atoms with van der Waals surface area (Å²) >= 11 is 0. The third kappa shape index (κ3) is 4.55. The van der Waals surface area contributed by atoms with Crippen molar-refractivity contribution in [1.82, 2.24) is 8.87 Å². The zero-order chi connectivity index (χ0) is 22.9. The highest BCUT2D eigenvalue weighted by Crippen LogP contribution is 2.54. The molecule has 0 spiro atoms. The van der Waals surface area contributed by atoms with Gasteiger partial charge in [-0.3, -0.25) is 9.59 Å². The van der Waals surface area contributed by atoms with Gasteiger partial charge in [0.05, 0.1) is 11.3 Å². The Morgan fingerprint density at radius 3 is 2.47 bits per heavy atom. The number of carbonyl (C=O) groups is 1. The molecule has 0 aliphatic carbocycles. The first-order valence-electron chi connectivity index (χ1n) is 10.6. The molecular weight excluding hydrogens is 448 g/mol. The zero-order valence-electron chi connectivity index (χ0n) is 18.2. The largest absolute Gasteiger partial charge is 0.455 e. The topological polar surface area (TPSA) is 85.7 Å². The minimum Gasteiger partial charge on any atom is -0.455 e. The number of carbonyl (C=O) groups excluding carboxylic acids is 1. The molecule has 0 N–H and O–H groups in total. The van der Waals surface area contributed by atoms with E-state index in [1.165, 1.54) is 10.6 Å². The zero-order valence-corrected chi connectivity index (χ0v) is 19.9. The van der Waals surface area contributed by atoms with Crippen molar-refractivity contribution in [3.63, 3.8) is 0 Å². The molecule has 2 aliphatic heterocycles. The average Bonchev–Trinajstić information content (AvgIpc) is 3.16. The number of benzene rings is 1. The van der Waals surface area contributed by atoms with Gasteiger partial charge in [0, 0.05) is 31.3 Å². The van der Waals surface area contributed by atoms with Crippen LogP contribution in [0.4, 0.5) is 0 Å². The molecule has 7 nitrogen and oxygen atoms in total. The number of piperidine rings is 1. The third-order valence-corrected chi connectivity index (χ3v) is 9.89. The molecule has 9 heteroatoms. The minimum atomic E-state index is -3.19. The van der Waals surface area contributed by atoms with E-state index in [1.807, 2.05) is 47.9 Å². The van der Waals surface area contributed by atoms with E-state index < -0.39 is 20.9 Å². The summed E-state index contributed by atoms with van der Waals surface area (Å²) in [5.74, 6) is 0.206. The van der Waals surface area contributed by atoms with Gasteiger partial charge >= 0.3 is 0 Å². The molecule has 2 aliphatic rings. The van der Waals surface area contributed by atoms with Gasteiger partial charge in [0.15, 0.2) is 0 Å². The van der Waals surface area contributed by atoms with Crippen molar-refractivity contribution in [2.75, 3.05) is 19.3 Å². The lowest BCUT2D eigenvalue weighted by Crippen LogP contribution is -2.39. The number of thiol groups is 1. The lowest BCUT2D eigenvalue weighted by molar-refractivity contribution is -0.129. The van der Waals surface area contributed by atoms with Crippen molar-refractivity contribution in [1.29, 1.82) is 0 Å². The highest BCUT2D eigenvalue weighted by Gasteiger charge is 2.32. The Kier molecular flexibility index (Phi) is 6.60. The van der Waals surface area contributed by atoms with Crippen molar-refractivity contribution in [3.05, 3.63) is 69.4 Å². The fourth-order valence-corrected chi connectivity index (χ4v) is 7.69. The molecule has 0 radical (unpaired) electrons. The Labute approximate surface area is 191 Å². The molecule has 3 heterocycles. The molecule has 4 rings (SSSR count). The number of sulfonamides is 1. The number of pyridine rings is 1. The van der Waals surface area contributed by atoms with Crippen LogP contribution >= 0.6 is 10.9 Å². The second-order valence-corrected chi connectivity index (χ2v) is 12.5. The summed E-state index contributed by atoms with van der Waals surface area (Å²) in [5.41, 5.74) is 2.67. The predicted molar refractivity (Wildman–Crippen MR) is 127 cm³/mol. The van der Waals surface area contributed by atoms with Crippen LogP contribution in [0.1, 0.15) is 30.9 Å². The van der Waals surface area contributed by atoms with Gasteiger partial charge in [0.1, 0.15) is 5.44 Å². The van der Waals surface area contributed by atoms with Gasteiger partial charge in [0.2, 0.25) is 10.0 Å². The predicted octanol–water partition coefficient (Wildman–Crippen LogP) is 2.80. The van der Waals surface area contributed by atoms with Gasteiger partial charge in [-0.15, -0.1) is 0 Å². The average molecular weight is 477 g/mol. The lowest BCUT2D eigenvalue weighted by atomic mass is 9.97. The van der Waals surface area contributed by atoms with E-state index in [1.54, 1.807) is 6.07 Å². The van der Waals surface area contributed by atoms with Crippen molar-refractivity contribution < 1.29 is 17.9 Å². The van der Waals surface area contributed by atoms with Crippen molar-refractivity contribution in [2.24, 2.45) is 5.92 Å². The van der Waals surface area contributed by atoms with Crippen molar-refractivity contribution in [3.8, 4) is 0 Å². The molecular formula is C23H28N2O5S2. The smallest absolute Gasteiger partial charge is 0.294 e. The molecule has 2 aromatic rings. The molecule has 2 unspecified atom stereocenters. The number of aromatic nitrogens is 1. The van der Waals surface area contributed by atoms with Gasteiger partial charge in [0.25, 0.3) is 12.0 Å². The van der Waals surface area contributed by atoms with E-state index in [-0.39, 0.29) is 16.9 Å². The molecule has 172 valence electrons. The SMILES string of the molecule is CC(OC=O)[SH]1C=C(c2ccccc2)c2ccc(=O)n(CC3CCN(S(C)(=O)=O)CC3)c21. The summed E-state index contributed by atoms with van der Waals surface area (Å²) < 4.78 is 32.3. The summed E-state index contributed by atoms with van der Waals surface area (Å²) in [6, 6.07) is 13.5. The Hall–Kier alpha value is -2.36. The molecule has 0 bridgehead atoms. The van der Waals surface area contributed by atoms with Crippen LogP contribution in [0.15, 0.2) is 57.7 Å².